The number of benzene rings is 1. The van der Waals surface area contributed by atoms with Crippen molar-refractivity contribution in [1.82, 2.24) is 19.9 Å². The van der Waals surface area contributed by atoms with Gasteiger partial charge in [-0.1, -0.05) is 18.2 Å². The number of amidine groups is 1. The number of morpholine rings is 1. The predicted molar refractivity (Wildman–Crippen MR) is 125 cm³/mol. The van der Waals surface area contributed by atoms with Crippen LogP contribution in [0.1, 0.15) is 24.7 Å². The number of halogens is 1. The topological polar surface area (TPSA) is 87.6 Å². The fraction of sp³-hybridized carbons (Fsp3) is 0.391. The minimum Gasteiger partial charge on any atom is -0.379 e. The van der Waals surface area contributed by atoms with E-state index in [0.29, 0.717) is 24.3 Å². The minimum absolute atomic E-state index is 0.283. The van der Waals surface area contributed by atoms with Crippen LogP contribution in [0, 0.1) is 5.82 Å². The largest absolute Gasteiger partial charge is 0.379 e. The summed E-state index contributed by atoms with van der Waals surface area (Å²) in [5.41, 5.74) is 1.91. The summed E-state index contributed by atoms with van der Waals surface area (Å²) in [6.07, 6.45) is 6.47. The van der Waals surface area contributed by atoms with Crippen molar-refractivity contribution in [1.29, 1.82) is 0 Å². The summed E-state index contributed by atoms with van der Waals surface area (Å²) < 4.78 is 18.9. The van der Waals surface area contributed by atoms with Gasteiger partial charge in [-0.25, -0.2) is 4.39 Å². The Labute approximate surface area is 187 Å². The Kier molecular flexibility index (Phi) is 7.52. The highest BCUT2D eigenvalue weighted by molar-refractivity contribution is 6.04. The van der Waals surface area contributed by atoms with E-state index in [9.17, 15) is 4.39 Å². The quantitative estimate of drug-likeness (QED) is 0.614. The Hall–Kier alpha value is -3.17. The molecule has 3 heterocycles. The number of hydrogen-bond acceptors (Lipinski definition) is 8. The molecule has 2 N–H and O–H groups in total. The van der Waals surface area contributed by atoms with Crippen LogP contribution >= 0.6 is 0 Å². The van der Waals surface area contributed by atoms with E-state index in [4.69, 9.17) is 4.74 Å². The van der Waals surface area contributed by atoms with Crippen molar-refractivity contribution in [2.45, 2.75) is 13.3 Å². The number of ether oxygens (including phenoxy) is 1. The average Bonchev–Trinajstić information content (AvgIpc) is 3.20. The predicted octanol–water partition coefficient (Wildman–Crippen LogP) is 3.09. The molecule has 2 aliphatic heterocycles. The van der Waals surface area contributed by atoms with E-state index < -0.39 is 0 Å². The van der Waals surface area contributed by atoms with Gasteiger partial charge < -0.3 is 15.4 Å². The zero-order chi connectivity index (χ0) is 22.2. The number of aromatic nitrogens is 3. The molecule has 0 spiro atoms. The van der Waals surface area contributed by atoms with Crippen LogP contribution in [-0.4, -0.2) is 71.6 Å². The fourth-order valence-corrected chi connectivity index (χ4v) is 3.44. The molecule has 0 amide bonds. The third kappa shape index (κ3) is 6.66. The van der Waals surface area contributed by atoms with Crippen molar-refractivity contribution >= 4 is 29.9 Å². The number of nitrogens with zero attached hydrogens (tertiary/aromatic N) is 5. The number of rotatable bonds is 8. The van der Waals surface area contributed by atoms with Crippen LogP contribution in [0.4, 0.5) is 16.3 Å². The van der Waals surface area contributed by atoms with E-state index in [-0.39, 0.29) is 5.82 Å². The number of nitrogens with one attached hydrogen (secondary N) is 2. The molecule has 2 aliphatic rings. The first-order valence-electron chi connectivity index (χ1n) is 10.9. The van der Waals surface area contributed by atoms with E-state index in [0.717, 1.165) is 57.2 Å². The van der Waals surface area contributed by atoms with Gasteiger partial charge in [-0.15, -0.1) is 0 Å². The smallest absolute Gasteiger partial charge is 0.233 e. The Balaban J connectivity index is 1.43. The van der Waals surface area contributed by atoms with Gasteiger partial charge in [-0.05, 0) is 55.3 Å². The number of aliphatic imine (C=N–C) groups is 1. The van der Waals surface area contributed by atoms with Crippen LogP contribution in [0.3, 0.4) is 0 Å². The summed E-state index contributed by atoms with van der Waals surface area (Å²) in [5.74, 6) is 1.82. The second-order valence-corrected chi connectivity index (χ2v) is 7.78. The van der Waals surface area contributed by atoms with Crippen molar-refractivity contribution in [3.05, 3.63) is 53.1 Å². The Bertz CT molecular complexity index is 1020. The number of anilines is 2. The molecule has 1 aromatic carbocycles. The highest BCUT2D eigenvalue weighted by atomic mass is 19.1. The zero-order valence-corrected chi connectivity index (χ0v) is 18.2. The van der Waals surface area contributed by atoms with Crippen molar-refractivity contribution in [2.24, 2.45) is 4.99 Å². The van der Waals surface area contributed by atoms with Crippen molar-refractivity contribution in [3.8, 4) is 0 Å². The molecule has 8 nitrogen and oxygen atoms in total. The van der Waals surface area contributed by atoms with Gasteiger partial charge in [0.25, 0.3) is 0 Å². The lowest BCUT2D eigenvalue weighted by atomic mass is 10.2. The van der Waals surface area contributed by atoms with Crippen molar-refractivity contribution in [3.63, 3.8) is 0 Å². The third-order valence-electron chi connectivity index (χ3n) is 5.09. The normalized spacial score (nSPS) is 16.8. The SMILES string of the molecule is CC1=CC(Nc2nc(/C=C/c3cccc(F)c3)nc(NCCCN3CCOCC3)n2)=NC1. The standard InChI is InChI=1S/C23H28FN7O/c1-17-14-21(26-16-17)29-23-28-20(7-6-18-4-2-5-19(24)15-18)27-22(30-23)25-8-3-9-31-10-12-32-13-11-31/h2,4-7,14-15H,3,8-13,16H2,1H3,(H2,25,26,27,28,29,30)/b7-6+. The molecule has 168 valence electrons. The highest BCUT2D eigenvalue weighted by Gasteiger charge is 2.11. The molecule has 1 fully saturated rings. The van der Waals surface area contributed by atoms with Crippen LogP contribution < -0.4 is 10.6 Å². The van der Waals surface area contributed by atoms with Gasteiger partial charge in [0.2, 0.25) is 11.9 Å². The maximum absolute atomic E-state index is 13.5. The van der Waals surface area contributed by atoms with Gasteiger partial charge in [0, 0.05) is 19.6 Å². The molecule has 9 heteroatoms. The van der Waals surface area contributed by atoms with Crippen LogP contribution in [0.2, 0.25) is 0 Å². The Morgan fingerprint density at radius 2 is 1.97 bits per heavy atom. The second-order valence-electron chi connectivity index (χ2n) is 7.78. The molecule has 0 unspecified atom stereocenters. The van der Waals surface area contributed by atoms with E-state index in [1.54, 1.807) is 18.2 Å². The monoisotopic (exact) mass is 437 g/mol. The lowest BCUT2D eigenvalue weighted by Crippen LogP contribution is -2.37. The molecular formula is C23H28FN7O. The van der Waals surface area contributed by atoms with Crippen LogP contribution in [-0.2, 0) is 4.74 Å². The molecule has 1 saturated heterocycles. The molecule has 0 aliphatic carbocycles. The van der Waals surface area contributed by atoms with Gasteiger partial charge >= 0.3 is 0 Å². The summed E-state index contributed by atoms with van der Waals surface area (Å²) in [4.78, 5) is 20.3. The van der Waals surface area contributed by atoms with Crippen molar-refractivity contribution < 1.29 is 9.13 Å². The average molecular weight is 438 g/mol. The first kappa shape index (κ1) is 22.0. The van der Waals surface area contributed by atoms with Crippen LogP contribution in [0.5, 0.6) is 0 Å². The maximum Gasteiger partial charge on any atom is 0.233 e. The minimum atomic E-state index is -0.283. The van der Waals surface area contributed by atoms with Crippen LogP contribution in [0.25, 0.3) is 12.2 Å². The van der Waals surface area contributed by atoms with Gasteiger partial charge in [-0.2, -0.15) is 15.0 Å². The summed E-state index contributed by atoms with van der Waals surface area (Å²) in [6, 6.07) is 6.37. The van der Waals surface area contributed by atoms with Crippen molar-refractivity contribution in [2.75, 3.05) is 56.6 Å². The molecule has 0 atom stereocenters. The molecule has 0 saturated carbocycles. The van der Waals surface area contributed by atoms with E-state index in [2.05, 4.69) is 35.5 Å². The Morgan fingerprint density at radius 3 is 2.75 bits per heavy atom. The molecule has 0 radical (unpaired) electrons. The van der Waals surface area contributed by atoms with Gasteiger partial charge in [0.05, 0.1) is 19.8 Å². The fourth-order valence-electron chi connectivity index (χ4n) is 3.44. The highest BCUT2D eigenvalue weighted by Crippen LogP contribution is 2.13. The summed E-state index contributed by atoms with van der Waals surface area (Å²) >= 11 is 0. The molecule has 2 aromatic rings. The first-order chi connectivity index (χ1) is 15.6. The third-order valence-corrected chi connectivity index (χ3v) is 5.09. The first-order valence-corrected chi connectivity index (χ1v) is 10.9. The molecule has 4 rings (SSSR count). The van der Waals surface area contributed by atoms with Gasteiger partial charge in [0.15, 0.2) is 5.82 Å². The Morgan fingerprint density at radius 1 is 1.12 bits per heavy atom. The molecule has 32 heavy (non-hydrogen) atoms. The lowest BCUT2D eigenvalue weighted by molar-refractivity contribution is 0.0378. The van der Waals surface area contributed by atoms with E-state index in [1.165, 1.54) is 17.7 Å². The van der Waals surface area contributed by atoms with Crippen LogP contribution in [0.15, 0.2) is 40.9 Å². The summed E-state index contributed by atoms with van der Waals surface area (Å²) in [6.45, 7) is 8.00. The lowest BCUT2D eigenvalue weighted by Gasteiger charge is -2.26. The summed E-state index contributed by atoms with van der Waals surface area (Å²) in [5, 5.41) is 6.45. The summed E-state index contributed by atoms with van der Waals surface area (Å²) in [7, 11) is 0. The molecule has 0 bridgehead atoms. The zero-order valence-electron chi connectivity index (χ0n) is 18.2. The maximum atomic E-state index is 13.5. The molecule has 1 aromatic heterocycles. The second kappa shape index (κ2) is 10.9. The van der Waals surface area contributed by atoms with E-state index >= 15 is 0 Å². The van der Waals surface area contributed by atoms with E-state index in [1.807, 2.05) is 19.1 Å². The van der Waals surface area contributed by atoms with Gasteiger partial charge in [0.1, 0.15) is 11.7 Å². The molecular weight excluding hydrogens is 409 g/mol. The number of hydrogen-bond donors (Lipinski definition) is 2. The van der Waals surface area contributed by atoms with Gasteiger partial charge in [-0.3, -0.25) is 9.89 Å².